The van der Waals surface area contributed by atoms with Crippen molar-refractivity contribution in [2.24, 2.45) is 5.10 Å². The summed E-state index contributed by atoms with van der Waals surface area (Å²) in [7, 11) is 1.54. The molecule has 0 atom stereocenters. The molecule has 0 radical (unpaired) electrons. The van der Waals surface area contributed by atoms with Crippen molar-refractivity contribution in [3.63, 3.8) is 0 Å². The molecule has 1 aromatic heterocycles. The number of fused-ring (bicyclic) bond motifs is 1. The van der Waals surface area contributed by atoms with Crippen molar-refractivity contribution < 1.29 is 14.4 Å². The van der Waals surface area contributed by atoms with Gasteiger partial charge >= 0.3 is 0 Å². The molecule has 0 amide bonds. The number of rotatable bonds is 8. The molecule has 0 fully saturated rings. The van der Waals surface area contributed by atoms with Crippen molar-refractivity contribution in [1.82, 2.24) is 9.66 Å². The van der Waals surface area contributed by atoms with Crippen LogP contribution in [0.1, 0.15) is 36.7 Å². The standard InChI is InChI=1S/C26H22BrIN4O5/c1-15(2)25-30-22-9-6-18(27)12-20(22)26(33)31(25)29-13-17-10-21(28)24(23(11-17)36-3)37-14-16-4-7-19(8-5-16)32(34)35/h4-13,15H,14H2,1-3H3. The molecule has 0 aliphatic heterocycles. The lowest BCUT2D eigenvalue weighted by Gasteiger charge is -2.14. The minimum Gasteiger partial charge on any atom is -0.493 e. The van der Waals surface area contributed by atoms with E-state index in [9.17, 15) is 14.9 Å². The molecule has 37 heavy (non-hydrogen) atoms. The molecule has 0 aliphatic carbocycles. The minimum absolute atomic E-state index is 0.0218. The predicted molar refractivity (Wildman–Crippen MR) is 154 cm³/mol. The van der Waals surface area contributed by atoms with Crippen LogP contribution in [-0.2, 0) is 6.61 Å². The van der Waals surface area contributed by atoms with Crippen LogP contribution in [0.3, 0.4) is 0 Å². The van der Waals surface area contributed by atoms with Gasteiger partial charge in [0.05, 0.1) is 32.7 Å². The van der Waals surface area contributed by atoms with E-state index in [1.54, 1.807) is 30.5 Å². The normalized spacial score (nSPS) is 11.4. The van der Waals surface area contributed by atoms with Crippen LogP contribution in [0.5, 0.6) is 11.5 Å². The van der Waals surface area contributed by atoms with E-state index in [1.165, 1.54) is 23.9 Å². The van der Waals surface area contributed by atoms with Crippen LogP contribution in [0, 0.1) is 13.7 Å². The number of nitro groups is 1. The van der Waals surface area contributed by atoms with Crippen LogP contribution in [0.4, 0.5) is 5.69 Å². The Kier molecular flexibility index (Phi) is 8.22. The zero-order chi connectivity index (χ0) is 26.7. The smallest absolute Gasteiger partial charge is 0.282 e. The van der Waals surface area contributed by atoms with Gasteiger partial charge in [0.15, 0.2) is 11.5 Å². The lowest BCUT2D eigenvalue weighted by atomic mass is 10.2. The highest BCUT2D eigenvalue weighted by Crippen LogP contribution is 2.34. The molecule has 3 aromatic carbocycles. The third-order valence-corrected chi connectivity index (χ3v) is 6.75. The van der Waals surface area contributed by atoms with Crippen molar-refractivity contribution in [3.8, 4) is 11.5 Å². The summed E-state index contributed by atoms with van der Waals surface area (Å²) in [5.41, 5.74) is 1.88. The Hall–Kier alpha value is -3.32. The van der Waals surface area contributed by atoms with Crippen LogP contribution in [0.25, 0.3) is 10.9 Å². The summed E-state index contributed by atoms with van der Waals surface area (Å²) in [6.45, 7) is 4.13. The SMILES string of the molecule is COc1cc(C=Nn2c(C(C)C)nc3ccc(Br)cc3c2=O)cc(I)c1OCc1ccc([N+](=O)[O-])cc1. The minimum atomic E-state index is -0.442. The summed E-state index contributed by atoms with van der Waals surface area (Å²) in [6.07, 6.45) is 1.59. The summed E-state index contributed by atoms with van der Waals surface area (Å²) >= 11 is 5.56. The summed E-state index contributed by atoms with van der Waals surface area (Å²) in [5, 5.41) is 15.8. The Morgan fingerprint density at radius 1 is 1.19 bits per heavy atom. The summed E-state index contributed by atoms with van der Waals surface area (Å²) in [5.74, 6) is 1.56. The van der Waals surface area contributed by atoms with Gasteiger partial charge in [-0.1, -0.05) is 29.8 Å². The number of hydrogen-bond acceptors (Lipinski definition) is 7. The second kappa shape index (κ2) is 11.4. The number of methoxy groups -OCH3 is 1. The zero-order valence-corrected chi connectivity index (χ0v) is 23.9. The van der Waals surface area contributed by atoms with Crippen molar-refractivity contribution in [2.45, 2.75) is 26.4 Å². The molecular formula is C26H22BrIN4O5. The fourth-order valence-corrected chi connectivity index (χ4v) is 4.74. The summed E-state index contributed by atoms with van der Waals surface area (Å²) in [4.78, 5) is 28.3. The number of nitrogens with zero attached hydrogens (tertiary/aromatic N) is 4. The van der Waals surface area contributed by atoms with Gasteiger partial charge in [-0.15, -0.1) is 0 Å². The maximum absolute atomic E-state index is 13.3. The average Bonchev–Trinajstić information content (AvgIpc) is 2.87. The van der Waals surface area contributed by atoms with E-state index in [0.29, 0.717) is 33.8 Å². The Morgan fingerprint density at radius 2 is 1.92 bits per heavy atom. The third-order valence-electron chi connectivity index (χ3n) is 5.45. The molecule has 190 valence electrons. The number of benzene rings is 3. The Bertz CT molecular complexity index is 1570. The van der Waals surface area contributed by atoms with Crippen molar-refractivity contribution in [3.05, 3.63) is 100 Å². The molecule has 0 spiro atoms. The highest BCUT2D eigenvalue weighted by Gasteiger charge is 2.15. The fourth-order valence-electron chi connectivity index (χ4n) is 3.60. The fraction of sp³-hybridized carbons (Fsp3) is 0.192. The van der Waals surface area contributed by atoms with Crippen molar-refractivity contribution in [1.29, 1.82) is 0 Å². The summed E-state index contributed by atoms with van der Waals surface area (Å²) in [6, 6.07) is 15.2. The van der Waals surface area contributed by atoms with Gasteiger partial charge in [-0.3, -0.25) is 14.9 Å². The first-order valence-corrected chi connectivity index (χ1v) is 13.1. The molecule has 1 heterocycles. The first kappa shape index (κ1) is 26.7. The molecule has 0 bridgehead atoms. The van der Waals surface area contributed by atoms with E-state index in [1.807, 2.05) is 32.0 Å². The number of halogens is 2. The van der Waals surface area contributed by atoms with Crippen LogP contribution >= 0.6 is 38.5 Å². The Morgan fingerprint density at radius 3 is 2.57 bits per heavy atom. The number of aromatic nitrogens is 2. The van der Waals surface area contributed by atoms with Gasteiger partial charge in [-0.25, -0.2) is 4.98 Å². The highest BCUT2D eigenvalue weighted by molar-refractivity contribution is 14.1. The van der Waals surface area contributed by atoms with E-state index in [-0.39, 0.29) is 23.8 Å². The number of non-ortho nitro benzene ring substituents is 1. The molecule has 4 aromatic rings. The summed E-state index contributed by atoms with van der Waals surface area (Å²) < 4.78 is 14.4. The Balaban J connectivity index is 1.64. The number of hydrogen-bond donors (Lipinski definition) is 0. The lowest BCUT2D eigenvalue weighted by Crippen LogP contribution is -2.23. The van der Waals surface area contributed by atoms with Crippen LogP contribution in [0.15, 0.2) is 69.0 Å². The zero-order valence-electron chi connectivity index (χ0n) is 20.1. The van der Waals surface area contributed by atoms with Gasteiger partial charge < -0.3 is 9.47 Å². The first-order chi connectivity index (χ1) is 17.7. The molecule has 0 saturated heterocycles. The van der Waals surface area contributed by atoms with Gasteiger partial charge in [-0.2, -0.15) is 9.78 Å². The molecular weight excluding hydrogens is 655 g/mol. The number of ether oxygens (including phenoxy) is 2. The van der Waals surface area contributed by atoms with Crippen LogP contribution in [0.2, 0.25) is 0 Å². The molecule has 0 saturated carbocycles. The van der Waals surface area contributed by atoms with Gasteiger partial charge in [-0.05, 0) is 76.2 Å². The van der Waals surface area contributed by atoms with Gasteiger partial charge in [0, 0.05) is 22.5 Å². The molecule has 0 aliphatic rings. The quantitative estimate of drug-likeness (QED) is 0.0943. The lowest BCUT2D eigenvalue weighted by molar-refractivity contribution is -0.384. The van der Waals surface area contributed by atoms with E-state index in [0.717, 1.165) is 13.6 Å². The Labute approximate surface area is 234 Å². The van der Waals surface area contributed by atoms with E-state index in [2.05, 4.69) is 48.6 Å². The largest absolute Gasteiger partial charge is 0.493 e. The maximum Gasteiger partial charge on any atom is 0.282 e. The van der Waals surface area contributed by atoms with Gasteiger partial charge in [0.1, 0.15) is 12.4 Å². The second-order valence-electron chi connectivity index (χ2n) is 8.39. The van der Waals surface area contributed by atoms with E-state index >= 15 is 0 Å². The highest BCUT2D eigenvalue weighted by atomic mass is 127. The number of nitro benzene ring substituents is 1. The topological polar surface area (TPSA) is 109 Å². The first-order valence-electron chi connectivity index (χ1n) is 11.2. The van der Waals surface area contributed by atoms with Crippen LogP contribution < -0.4 is 15.0 Å². The average molecular weight is 677 g/mol. The van der Waals surface area contributed by atoms with Gasteiger partial charge in [0.2, 0.25) is 0 Å². The maximum atomic E-state index is 13.3. The second-order valence-corrected chi connectivity index (χ2v) is 10.5. The van der Waals surface area contributed by atoms with Gasteiger partial charge in [0.25, 0.3) is 11.2 Å². The molecule has 4 rings (SSSR count). The molecule has 11 heteroatoms. The monoisotopic (exact) mass is 676 g/mol. The van der Waals surface area contributed by atoms with Crippen LogP contribution in [-0.4, -0.2) is 27.9 Å². The molecule has 0 unspecified atom stereocenters. The third kappa shape index (κ3) is 5.99. The van der Waals surface area contributed by atoms with Crippen molar-refractivity contribution >= 4 is 61.3 Å². The predicted octanol–water partition coefficient (Wildman–Crippen LogP) is 6.27. The molecule has 9 nitrogen and oxygen atoms in total. The molecule has 0 N–H and O–H groups in total. The van der Waals surface area contributed by atoms with Crippen molar-refractivity contribution in [2.75, 3.05) is 7.11 Å². The van der Waals surface area contributed by atoms with E-state index < -0.39 is 4.92 Å². The van der Waals surface area contributed by atoms with E-state index in [4.69, 9.17) is 9.47 Å².